The van der Waals surface area contributed by atoms with Crippen LogP contribution in [-0.4, -0.2) is 147 Å². The van der Waals surface area contributed by atoms with E-state index in [9.17, 15) is 55.9 Å². The molecule has 75 heavy (non-hydrogen) atoms. The molecule has 2 aliphatic heterocycles. The third-order valence-corrected chi connectivity index (χ3v) is 12.7. The van der Waals surface area contributed by atoms with Gasteiger partial charge >= 0.3 is 25.7 Å². The first-order chi connectivity index (χ1) is 35.5. The standard InChI is InChI=1S/C24H29F5O8.C17H33NO7.C7H18NO4P/c1-11-12(2)24(36-15(10-34-13(3)30)22(11)35-14(4)31)33-9-7-5-6-8-16(32)37-23-20(28)18(26)17(25)19(27)21(23)29;1-3-8-23-11-18-14(20)7-5-4-6-9-24-17-12(2)15(21)16(22)13(10-19)25-17;1-11-13(9,10)12-7-5-3-2-4-6-8/h11-12,15,22,24H,5-10H2,1-4H3;12-13,15-17,19,21-22H,3-11H2,1-2H3,(H,18,20);2-8H2,1H3,(H,9,10)/t11-,12?,15?,22-,24-;12?,13?,15-,16+,17-;/m11./s1. The zero-order valence-electron chi connectivity index (χ0n) is 43.9. The summed E-state index contributed by atoms with van der Waals surface area (Å²) in [5, 5.41) is 31.6. The largest absolute Gasteiger partial charge is 0.471 e. The van der Waals surface area contributed by atoms with Gasteiger partial charge in [-0.15, -0.1) is 0 Å². The summed E-state index contributed by atoms with van der Waals surface area (Å²) in [6.07, 6.45) is 2.50. The fourth-order valence-electron chi connectivity index (χ4n) is 7.19. The Labute approximate surface area is 435 Å². The number of halogens is 5. The number of carbonyl (C=O) groups excluding carboxylic acids is 4. The molecule has 0 aliphatic carbocycles. The van der Waals surface area contributed by atoms with Crippen LogP contribution in [0.3, 0.4) is 0 Å². The van der Waals surface area contributed by atoms with Gasteiger partial charge in [0.2, 0.25) is 40.7 Å². The van der Waals surface area contributed by atoms with Gasteiger partial charge in [-0.25, -0.2) is 17.7 Å². The predicted octanol–water partition coefficient (Wildman–Crippen LogP) is 5.76. The topological polar surface area (TPSA) is 297 Å². The third-order valence-electron chi connectivity index (χ3n) is 11.7. The van der Waals surface area contributed by atoms with E-state index in [1.54, 1.807) is 6.92 Å². The average Bonchev–Trinajstić information content (AvgIpc) is 3.37. The van der Waals surface area contributed by atoms with Crippen molar-refractivity contribution in [3.8, 4) is 5.75 Å². The number of amides is 1. The lowest BCUT2D eigenvalue weighted by molar-refractivity contribution is -0.282. The molecule has 2 heterocycles. The zero-order valence-corrected chi connectivity index (χ0v) is 44.8. The second-order valence-corrected chi connectivity index (χ2v) is 19.3. The van der Waals surface area contributed by atoms with Crippen LogP contribution in [0.5, 0.6) is 5.75 Å². The molecule has 0 bridgehead atoms. The molecule has 0 radical (unpaired) electrons. The van der Waals surface area contributed by atoms with E-state index >= 15 is 0 Å². The Bertz CT molecular complexity index is 1850. The van der Waals surface area contributed by atoms with Crippen molar-refractivity contribution >= 4 is 31.6 Å². The number of benzene rings is 1. The molecule has 11 atom stereocenters. The number of esters is 3. The van der Waals surface area contributed by atoms with Crippen molar-refractivity contribution in [1.29, 1.82) is 0 Å². The van der Waals surface area contributed by atoms with Gasteiger partial charge in [0.05, 0.1) is 19.3 Å². The van der Waals surface area contributed by atoms with E-state index in [1.165, 1.54) is 13.8 Å². The first-order valence-electron chi connectivity index (χ1n) is 25.1. The van der Waals surface area contributed by atoms with E-state index in [0.717, 1.165) is 58.5 Å². The van der Waals surface area contributed by atoms with Crippen LogP contribution >= 0.6 is 7.82 Å². The number of rotatable bonds is 31. The molecular weight excluding hydrogens is 1030 g/mol. The minimum absolute atomic E-state index is 0.0239. The van der Waals surface area contributed by atoms with Crippen LogP contribution in [0.2, 0.25) is 0 Å². The monoisotopic (exact) mass is 1110 g/mol. The second-order valence-electron chi connectivity index (χ2n) is 17.8. The summed E-state index contributed by atoms with van der Waals surface area (Å²) in [7, 11) is -2.61. The summed E-state index contributed by atoms with van der Waals surface area (Å²) in [5.74, 6) is -15.8. The van der Waals surface area contributed by atoms with Gasteiger partial charge < -0.3 is 69.2 Å². The molecule has 0 aromatic heterocycles. The van der Waals surface area contributed by atoms with E-state index in [0.29, 0.717) is 39.0 Å². The van der Waals surface area contributed by atoms with Gasteiger partial charge in [0, 0.05) is 71.4 Å². The Kier molecular flexibility index (Phi) is 35.3. The first-order valence-corrected chi connectivity index (χ1v) is 26.6. The number of nitrogens with two attached hydrogens (primary N) is 1. The van der Waals surface area contributed by atoms with Crippen molar-refractivity contribution in [3.63, 3.8) is 0 Å². The molecule has 0 saturated carbocycles. The Morgan fingerprint density at radius 3 is 1.77 bits per heavy atom. The third kappa shape index (κ3) is 26.6. The molecule has 7 N–H and O–H groups in total. The average molecular weight is 1120 g/mol. The predicted molar refractivity (Wildman–Crippen MR) is 256 cm³/mol. The van der Waals surface area contributed by atoms with Crippen LogP contribution in [-0.2, 0) is 65.9 Å². The summed E-state index contributed by atoms with van der Waals surface area (Å²) in [4.78, 5) is 54.9. The van der Waals surface area contributed by atoms with Gasteiger partial charge in [0.25, 0.3) is 0 Å². The van der Waals surface area contributed by atoms with Crippen LogP contribution in [0.15, 0.2) is 0 Å². The number of ether oxygens (including phenoxy) is 8. The molecule has 27 heteroatoms. The Morgan fingerprint density at radius 1 is 0.693 bits per heavy atom. The summed E-state index contributed by atoms with van der Waals surface area (Å²) in [5.41, 5.74) is 5.30. The smallest absolute Gasteiger partial charge is 0.463 e. The van der Waals surface area contributed by atoms with Crippen molar-refractivity contribution in [2.45, 2.75) is 168 Å². The highest BCUT2D eigenvalue weighted by molar-refractivity contribution is 7.47. The molecule has 2 aliphatic rings. The molecule has 1 aromatic rings. The lowest BCUT2D eigenvalue weighted by Crippen LogP contribution is -2.55. The summed E-state index contributed by atoms with van der Waals surface area (Å²) in [6, 6.07) is 0. The Hall–Kier alpha value is -3.50. The van der Waals surface area contributed by atoms with Gasteiger partial charge in [-0.2, -0.15) is 8.78 Å². The van der Waals surface area contributed by atoms with Gasteiger partial charge in [0.1, 0.15) is 37.8 Å². The van der Waals surface area contributed by atoms with Crippen LogP contribution < -0.4 is 15.8 Å². The van der Waals surface area contributed by atoms with Crippen LogP contribution in [0.25, 0.3) is 0 Å². The molecule has 1 aromatic carbocycles. The second kappa shape index (κ2) is 38.1. The molecule has 21 nitrogen and oxygen atoms in total. The van der Waals surface area contributed by atoms with Crippen LogP contribution in [0.1, 0.15) is 125 Å². The summed E-state index contributed by atoms with van der Waals surface area (Å²) in [6.45, 7) is 11.9. The number of phosphoric ester groups is 1. The quantitative estimate of drug-likeness (QED) is 0.00752. The van der Waals surface area contributed by atoms with Gasteiger partial charge in [-0.05, 0) is 51.5 Å². The molecule has 436 valence electrons. The van der Waals surface area contributed by atoms with E-state index in [-0.39, 0.29) is 69.7 Å². The number of nitrogens with one attached hydrogen (secondary N) is 1. The lowest BCUT2D eigenvalue weighted by Gasteiger charge is -2.43. The molecule has 0 spiro atoms. The molecule has 2 saturated heterocycles. The van der Waals surface area contributed by atoms with Crippen molar-refractivity contribution < 1.29 is 113 Å². The van der Waals surface area contributed by atoms with Crippen LogP contribution in [0, 0.1) is 46.8 Å². The van der Waals surface area contributed by atoms with Gasteiger partial charge in [-0.1, -0.05) is 53.4 Å². The molecular formula is C48H80F5N2O19P. The van der Waals surface area contributed by atoms with Crippen molar-refractivity contribution in [2.24, 2.45) is 23.5 Å². The van der Waals surface area contributed by atoms with E-state index < -0.39 is 104 Å². The Morgan fingerprint density at radius 2 is 1.23 bits per heavy atom. The number of carbonyl (C=O) groups is 4. The van der Waals surface area contributed by atoms with Crippen molar-refractivity contribution in [3.05, 3.63) is 29.1 Å². The fourth-order valence-corrected chi connectivity index (χ4v) is 7.65. The van der Waals surface area contributed by atoms with E-state index in [4.69, 9.17) is 48.9 Å². The number of hydrogen-bond acceptors (Lipinski definition) is 19. The highest BCUT2D eigenvalue weighted by atomic mass is 31.2. The summed E-state index contributed by atoms with van der Waals surface area (Å²) >= 11 is 0. The molecule has 3 rings (SSSR count). The highest BCUT2D eigenvalue weighted by Gasteiger charge is 2.45. The molecule has 2 fully saturated rings. The zero-order chi connectivity index (χ0) is 56.7. The molecule has 5 unspecified atom stereocenters. The Balaban J connectivity index is 0.000000635. The van der Waals surface area contributed by atoms with E-state index in [1.807, 2.05) is 20.8 Å². The van der Waals surface area contributed by atoms with E-state index in [2.05, 4.69) is 19.1 Å². The maximum Gasteiger partial charge on any atom is 0.471 e. The van der Waals surface area contributed by atoms with Crippen LogP contribution in [0.4, 0.5) is 22.0 Å². The van der Waals surface area contributed by atoms with Crippen molar-refractivity contribution in [2.75, 3.05) is 60.0 Å². The number of aliphatic hydroxyl groups excluding tert-OH is 3. The first kappa shape index (κ1) is 69.5. The van der Waals surface area contributed by atoms with Gasteiger partial charge in [0.15, 0.2) is 12.6 Å². The number of unbranched alkanes of at least 4 members (excludes halogenated alkanes) is 7. The highest BCUT2D eigenvalue weighted by Crippen LogP contribution is 2.42. The minimum Gasteiger partial charge on any atom is -0.463 e. The summed E-state index contributed by atoms with van der Waals surface area (Å²) < 4.78 is 129. The number of hydrogen-bond donors (Lipinski definition) is 6. The van der Waals surface area contributed by atoms with Gasteiger partial charge in [-0.3, -0.25) is 28.2 Å². The molecule has 1 amide bonds. The minimum atomic E-state index is -3.75. The fraction of sp³-hybridized carbons (Fsp3) is 0.792. The number of phosphoric acid groups is 1. The number of aliphatic hydroxyl groups is 3. The normalized spacial score (nSPS) is 24.1. The maximum atomic E-state index is 13.6. The van der Waals surface area contributed by atoms with Crippen molar-refractivity contribution in [1.82, 2.24) is 5.32 Å². The lowest BCUT2D eigenvalue weighted by atomic mass is 9.84. The SMILES string of the molecule is CC(=O)OCC1O[C@@H](OCCCCCC(=O)Oc2c(F)c(F)c(F)c(F)c2F)C(C)[C@@H](C)[C@H]1OC(C)=O.CCCOCNC(=O)CCCCCO[C@@H]1OC(CO)[C@H](O)[C@H](O)C1C.COP(=O)(O)OCCCCCCN. The maximum absolute atomic E-state index is 13.6.